The van der Waals surface area contributed by atoms with Crippen molar-refractivity contribution in [2.45, 2.75) is 19.8 Å². The van der Waals surface area contributed by atoms with Gasteiger partial charge in [-0.1, -0.05) is 37.6 Å². The second kappa shape index (κ2) is 7.83. The van der Waals surface area contributed by atoms with Crippen LogP contribution in [0.25, 0.3) is 0 Å². The third-order valence-corrected chi connectivity index (χ3v) is 4.84. The first-order chi connectivity index (χ1) is 12.1. The van der Waals surface area contributed by atoms with Crippen LogP contribution in [0.5, 0.6) is 0 Å². The molecule has 1 amide bonds. The fourth-order valence-electron chi connectivity index (χ4n) is 3.26. The van der Waals surface area contributed by atoms with Crippen LogP contribution in [0.4, 0.5) is 5.95 Å². The summed E-state index contributed by atoms with van der Waals surface area (Å²) in [4.78, 5) is 25.8. The molecule has 2 heterocycles. The van der Waals surface area contributed by atoms with Crippen molar-refractivity contribution < 1.29 is 4.79 Å². The monoisotopic (exact) mass is 358 g/mol. The average Bonchev–Trinajstić information content (AvgIpc) is 2.64. The summed E-state index contributed by atoms with van der Waals surface area (Å²) >= 11 is 5.99. The Morgan fingerprint density at radius 3 is 2.20 bits per heavy atom. The van der Waals surface area contributed by atoms with E-state index in [-0.39, 0.29) is 17.7 Å². The quantitative estimate of drug-likeness (QED) is 0.842. The molecule has 0 radical (unpaired) electrons. The van der Waals surface area contributed by atoms with Crippen molar-refractivity contribution in [1.29, 1.82) is 0 Å². The van der Waals surface area contributed by atoms with Gasteiger partial charge in [0.15, 0.2) is 0 Å². The van der Waals surface area contributed by atoms with Crippen molar-refractivity contribution >= 4 is 23.5 Å². The minimum Gasteiger partial charge on any atom is -0.339 e. The normalized spacial score (nSPS) is 16.2. The first-order valence-electron chi connectivity index (χ1n) is 8.62. The predicted octanol–water partition coefficient (Wildman–Crippen LogP) is 3.22. The molecular weight excluding hydrogens is 336 g/mol. The molecule has 1 atom stereocenters. The van der Waals surface area contributed by atoms with Crippen molar-refractivity contribution in [2.24, 2.45) is 5.92 Å². The fourth-order valence-corrected chi connectivity index (χ4v) is 3.39. The Hall–Kier alpha value is -2.14. The molecule has 5 nitrogen and oxygen atoms in total. The molecular formula is C19H23ClN4O. The van der Waals surface area contributed by atoms with E-state index in [2.05, 4.69) is 28.7 Å². The Morgan fingerprint density at radius 2 is 1.64 bits per heavy atom. The molecule has 2 aromatic rings. The lowest BCUT2D eigenvalue weighted by Gasteiger charge is -2.37. The Balaban J connectivity index is 1.68. The molecule has 1 aliphatic rings. The standard InChI is InChI=1S/C19H23ClN4O/c1-14(2)17(15-4-6-16(20)7-5-15)18(25)23-10-12-24(13-11-23)19-21-8-3-9-22-19/h3-9,14,17H,10-13H2,1-2H3. The van der Waals surface area contributed by atoms with Crippen LogP contribution in [-0.4, -0.2) is 47.0 Å². The molecule has 25 heavy (non-hydrogen) atoms. The van der Waals surface area contributed by atoms with Gasteiger partial charge in [0.1, 0.15) is 0 Å². The maximum Gasteiger partial charge on any atom is 0.230 e. The highest BCUT2D eigenvalue weighted by molar-refractivity contribution is 6.30. The Bertz CT molecular complexity index is 697. The van der Waals surface area contributed by atoms with Crippen LogP contribution in [0.15, 0.2) is 42.7 Å². The number of hydrogen-bond donors (Lipinski definition) is 0. The number of rotatable bonds is 4. The van der Waals surface area contributed by atoms with Gasteiger partial charge in [-0.15, -0.1) is 0 Å². The molecule has 0 aliphatic carbocycles. The molecule has 132 valence electrons. The zero-order valence-corrected chi connectivity index (χ0v) is 15.4. The summed E-state index contributed by atoms with van der Waals surface area (Å²) in [7, 11) is 0. The second-order valence-electron chi connectivity index (χ2n) is 6.63. The minimum atomic E-state index is -0.142. The van der Waals surface area contributed by atoms with Crippen LogP contribution in [0.2, 0.25) is 5.02 Å². The third kappa shape index (κ3) is 4.10. The van der Waals surface area contributed by atoms with Gasteiger partial charge in [0, 0.05) is 43.6 Å². The molecule has 1 aromatic carbocycles. The molecule has 1 saturated heterocycles. The summed E-state index contributed by atoms with van der Waals surface area (Å²) in [6.07, 6.45) is 3.49. The van der Waals surface area contributed by atoms with E-state index in [1.54, 1.807) is 12.4 Å². The molecule has 0 N–H and O–H groups in total. The average molecular weight is 359 g/mol. The largest absolute Gasteiger partial charge is 0.339 e. The van der Waals surface area contributed by atoms with Crippen molar-refractivity contribution in [2.75, 3.05) is 31.1 Å². The van der Waals surface area contributed by atoms with Gasteiger partial charge in [-0.25, -0.2) is 9.97 Å². The number of carbonyl (C=O) groups is 1. The van der Waals surface area contributed by atoms with Crippen LogP contribution in [0.3, 0.4) is 0 Å². The Morgan fingerprint density at radius 1 is 1.04 bits per heavy atom. The number of amides is 1. The number of piperazine rings is 1. The molecule has 6 heteroatoms. The lowest BCUT2D eigenvalue weighted by Crippen LogP contribution is -2.51. The summed E-state index contributed by atoms with van der Waals surface area (Å²) in [5.41, 5.74) is 1.03. The van der Waals surface area contributed by atoms with Crippen LogP contribution >= 0.6 is 11.6 Å². The molecule has 1 aliphatic heterocycles. The zero-order chi connectivity index (χ0) is 17.8. The Labute approximate surface area is 153 Å². The topological polar surface area (TPSA) is 49.3 Å². The highest BCUT2D eigenvalue weighted by Crippen LogP contribution is 2.28. The lowest BCUT2D eigenvalue weighted by atomic mass is 9.87. The van der Waals surface area contributed by atoms with Crippen molar-refractivity contribution in [3.8, 4) is 0 Å². The van der Waals surface area contributed by atoms with Gasteiger partial charge in [0.25, 0.3) is 0 Å². The van der Waals surface area contributed by atoms with Crippen LogP contribution in [-0.2, 0) is 4.79 Å². The number of hydrogen-bond acceptors (Lipinski definition) is 4. The maximum absolute atomic E-state index is 13.1. The van der Waals surface area contributed by atoms with E-state index in [1.165, 1.54) is 0 Å². The molecule has 3 rings (SSSR count). The number of aromatic nitrogens is 2. The second-order valence-corrected chi connectivity index (χ2v) is 7.07. The van der Waals surface area contributed by atoms with Gasteiger partial charge in [-0.3, -0.25) is 4.79 Å². The smallest absolute Gasteiger partial charge is 0.230 e. The van der Waals surface area contributed by atoms with Gasteiger partial charge in [0.05, 0.1) is 5.92 Å². The summed E-state index contributed by atoms with van der Waals surface area (Å²) < 4.78 is 0. The van der Waals surface area contributed by atoms with Crippen molar-refractivity contribution in [1.82, 2.24) is 14.9 Å². The fraction of sp³-hybridized carbons (Fsp3) is 0.421. The first kappa shape index (κ1) is 17.7. The summed E-state index contributed by atoms with van der Waals surface area (Å²) in [6.45, 7) is 7.06. The Kier molecular flexibility index (Phi) is 5.53. The molecule has 1 aromatic heterocycles. The van der Waals surface area contributed by atoms with Crippen molar-refractivity contribution in [3.05, 3.63) is 53.3 Å². The molecule has 0 spiro atoms. The molecule has 0 saturated carbocycles. The van der Waals surface area contributed by atoms with E-state index in [0.29, 0.717) is 18.1 Å². The molecule has 0 bridgehead atoms. The van der Waals surface area contributed by atoms with Gasteiger partial charge < -0.3 is 9.80 Å². The zero-order valence-electron chi connectivity index (χ0n) is 14.6. The first-order valence-corrected chi connectivity index (χ1v) is 9.00. The van der Waals surface area contributed by atoms with Crippen LogP contribution in [0.1, 0.15) is 25.3 Å². The number of carbonyl (C=O) groups excluding carboxylic acids is 1. The number of anilines is 1. The van der Waals surface area contributed by atoms with E-state index in [0.717, 1.165) is 24.6 Å². The predicted molar refractivity (Wildman–Crippen MR) is 99.9 cm³/mol. The highest BCUT2D eigenvalue weighted by Gasteiger charge is 2.31. The SMILES string of the molecule is CC(C)C(C(=O)N1CCN(c2ncccn2)CC1)c1ccc(Cl)cc1. The van der Waals surface area contributed by atoms with E-state index in [4.69, 9.17) is 11.6 Å². The summed E-state index contributed by atoms with van der Waals surface area (Å²) in [5, 5.41) is 0.690. The van der Waals surface area contributed by atoms with Gasteiger partial charge >= 0.3 is 0 Å². The van der Waals surface area contributed by atoms with E-state index in [1.807, 2.05) is 35.2 Å². The van der Waals surface area contributed by atoms with Crippen molar-refractivity contribution in [3.63, 3.8) is 0 Å². The van der Waals surface area contributed by atoms with Gasteiger partial charge in [-0.05, 0) is 29.7 Å². The molecule has 1 unspecified atom stereocenters. The van der Waals surface area contributed by atoms with Crippen LogP contribution in [0, 0.1) is 5.92 Å². The number of benzene rings is 1. The molecule has 1 fully saturated rings. The van der Waals surface area contributed by atoms with Gasteiger partial charge in [-0.2, -0.15) is 0 Å². The number of halogens is 1. The summed E-state index contributed by atoms with van der Waals surface area (Å²) in [6, 6.07) is 9.43. The van der Waals surface area contributed by atoms with E-state index >= 15 is 0 Å². The third-order valence-electron chi connectivity index (χ3n) is 4.59. The van der Waals surface area contributed by atoms with Crippen LogP contribution < -0.4 is 4.90 Å². The highest BCUT2D eigenvalue weighted by atomic mass is 35.5. The maximum atomic E-state index is 13.1. The van der Waals surface area contributed by atoms with E-state index in [9.17, 15) is 4.79 Å². The minimum absolute atomic E-state index is 0.142. The van der Waals surface area contributed by atoms with Gasteiger partial charge in [0.2, 0.25) is 11.9 Å². The summed E-state index contributed by atoms with van der Waals surface area (Å²) in [5.74, 6) is 1.000. The van der Waals surface area contributed by atoms with E-state index < -0.39 is 0 Å². The number of nitrogens with zero attached hydrogens (tertiary/aromatic N) is 4. The lowest BCUT2D eigenvalue weighted by molar-refractivity contribution is -0.134.